The van der Waals surface area contributed by atoms with Gasteiger partial charge >= 0.3 is 6.55 Å². The third-order valence-corrected chi connectivity index (χ3v) is 8.14. The van der Waals surface area contributed by atoms with Gasteiger partial charge in [-0.1, -0.05) is 35.1 Å². The smallest absolute Gasteiger partial charge is 0.350 e. The number of tetrazole rings is 1. The second kappa shape index (κ2) is 11.5. The average molecular weight is 652 g/mol. The van der Waals surface area contributed by atoms with Crippen molar-refractivity contribution >= 4 is 28.6 Å². The van der Waals surface area contributed by atoms with E-state index in [0.717, 1.165) is 0 Å². The first kappa shape index (κ1) is 30.4. The highest BCUT2D eigenvalue weighted by molar-refractivity contribution is 5.97. The number of hydrogen-bond donors (Lipinski definition) is 2. The summed E-state index contributed by atoms with van der Waals surface area (Å²) in [5.74, 6) is -5.64. The van der Waals surface area contributed by atoms with Gasteiger partial charge in [0.25, 0.3) is 11.8 Å². The molecule has 4 heterocycles. The van der Waals surface area contributed by atoms with Crippen molar-refractivity contribution in [3.8, 4) is 11.5 Å². The minimum absolute atomic E-state index is 0.108. The zero-order chi connectivity index (χ0) is 32.9. The molecule has 2 atom stereocenters. The number of fused-ring (bicyclic) bond motifs is 1. The largest absolute Gasteiger partial charge is 0.436 e. The number of benzene rings is 2. The molecule has 17 heteroatoms. The zero-order valence-electron chi connectivity index (χ0n) is 24.3. The standard InChI is InChI=1S/C30H25F4N9O4/c31-28(32)43-39-27(38-40-43)30(46,18-4-2-1-3-5-18)42-12-10-41(11-13-42)26(45)22-14-17(8-9-35-22)25-37-21-7-6-19(15-23(21)47-25)36-24(44)20-16-29(20,33)34/h1-9,14-15,20,28,46H,10-13,16H2,(H,36,44)/t20-,30?/m0/s1. The Morgan fingerprint density at radius 3 is 2.47 bits per heavy atom. The molecule has 1 aliphatic carbocycles. The lowest BCUT2D eigenvalue weighted by Crippen LogP contribution is -2.57. The highest BCUT2D eigenvalue weighted by atomic mass is 19.3. The molecule has 0 spiro atoms. The number of carbonyl (C=O) groups excluding carboxylic acids is 2. The van der Waals surface area contributed by atoms with E-state index in [1.807, 2.05) is 0 Å². The molecule has 2 fully saturated rings. The molecular formula is C30H25F4N9O4. The highest BCUT2D eigenvalue weighted by Gasteiger charge is 2.61. The van der Waals surface area contributed by atoms with Gasteiger partial charge in [0.15, 0.2) is 5.58 Å². The maximum Gasteiger partial charge on any atom is 0.350 e. The molecule has 47 heavy (non-hydrogen) atoms. The van der Waals surface area contributed by atoms with E-state index in [2.05, 4.69) is 30.7 Å². The SMILES string of the molecule is O=C(Nc1ccc2nc(-c3ccnc(C(=O)N4CCN(C(O)(c5ccccc5)c5nnn(C(F)F)n5)CC4)c3)oc2c1)[C@@H]1CC1(F)F. The number of nitrogens with one attached hydrogen (secondary N) is 1. The van der Waals surface area contributed by atoms with E-state index in [1.54, 1.807) is 52.3 Å². The summed E-state index contributed by atoms with van der Waals surface area (Å²) in [5.41, 5.74) is -0.0454. The van der Waals surface area contributed by atoms with Gasteiger partial charge in [-0.2, -0.15) is 8.78 Å². The van der Waals surface area contributed by atoms with Crippen LogP contribution >= 0.6 is 0 Å². The van der Waals surface area contributed by atoms with Crippen molar-refractivity contribution in [3.05, 3.63) is 83.9 Å². The molecule has 2 amide bonds. The second-order valence-electron chi connectivity index (χ2n) is 11.2. The third-order valence-electron chi connectivity index (χ3n) is 8.14. The van der Waals surface area contributed by atoms with Gasteiger partial charge < -0.3 is 19.7 Å². The predicted molar refractivity (Wildman–Crippen MR) is 155 cm³/mol. The summed E-state index contributed by atoms with van der Waals surface area (Å²) in [6.07, 6.45) is 0.953. The lowest BCUT2D eigenvalue weighted by molar-refractivity contribution is -0.119. The number of oxazole rings is 1. The third kappa shape index (κ3) is 5.67. The van der Waals surface area contributed by atoms with E-state index < -0.39 is 42.3 Å². The van der Waals surface area contributed by atoms with Gasteiger partial charge in [0.2, 0.25) is 23.3 Å². The normalized spacial score (nSPS) is 19.1. The summed E-state index contributed by atoms with van der Waals surface area (Å²) in [7, 11) is 0. The number of aliphatic hydroxyl groups is 1. The van der Waals surface area contributed by atoms with E-state index >= 15 is 0 Å². The fourth-order valence-electron chi connectivity index (χ4n) is 5.50. The lowest BCUT2D eigenvalue weighted by Gasteiger charge is -2.43. The molecule has 13 nitrogen and oxygen atoms in total. The average Bonchev–Trinajstić information content (AvgIpc) is 3.42. The lowest BCUT2D eigenvalue weighted by atomic mass is 9.99. The second-order valence-corrected chi connectivity index (χ2v) is 11.2. The van der Waals surface area contributed by atoms with Gasteiger partial charge in [0, 0.05) is 61.7 Å². The van der Waals surface area contributed by atoms with Crippen LogP contribution < -0.4 is 5.32 Å². The number of piperazine rings is 1. The number of amides is 2. The van der Waals surface area contributed by atoms with Crippen molar-refractivity contribution in [2.24, 2.45) is 5.92 Å². The van der Waals surface area contributed by atoms with Crippen LogP contribution in [0.25, 0.3) is 22.6 Å². The quantitative estimate of drug-likeness (QED) is 0.238. The Hall–Kier alpha value is -5.29. The van der Waals surface area contributed by atoms with E-state index in [0.29, 0.717) is 22.2 Å². The van der Waals surface area contributed by atoms with Crippen molar-refractivity contribution in [1.82, 2.24) is 40.0 Å². The topological polar surface area (TPSA) is 155 Å². The van der Waals surface area contributed by atoms with Crippen LogP contribution in [-0.2, 0) is 10.5 Å². The van der Waals surface area contributed by atoms with Gasteiger partial charge in [0.05, 0.1) is 0 Å². The Morgan fingerprint density at radius 1 is 1.04 bits per heavy atom. The first-order chi connectivity index (χ1) is 22.5. The number of anilines is 1. The van der Waals surface area contributed by atoms with Crippen LogP contribution in [-0.4, -0.2) is 89.0 Å². The Bertz CT molecular complexity index is 1960. The van der Waals surface area contributed by atoms with Gasteiger partial charge in [-0.25, -0.2) is 13.8 Å². The number of aromatic nitrogens is 6. The number of carbonyl (C=O) groups is 2. The Kier molecular flexibility index (Phi) is 7.43. The molecule has 0 bridgehead atoms. The van der Waals surface area contributed by atoms with Crippen LogP contribution in [0.1, 0.15) is 34.8 Å². The van der Waals surface area contributed by atoms with Crippen LogP contribution in [0.2, 0.25) is 0 Å². The maximum atomic E-state index is 13.5. The fourth-order valence-corrected chi connectivity index (χ4v) is 5.50. The minimum atomic E-state index is -3.04. The molecule has 7 rings (SSSR count). The summed E-state index contributed by atoms with van der Waals surface area (Å²) in [6.45, 7) is -2.44. The Morgan fingerprint density at radius 2 is 1.79 bits per heavy atom. The fraction of sp³-hybridized carbons (Fsp3) is 0.300. The summed E-state index contributed by atoms with van der Waals surface area (Å²) < 4.78 is 58.8. The minimum Gasteiger partial charge on any atom is -0.436 e. The molecule has 1 saturated carbocycles. The molecule has 2 aromatic carbocycles. The van der Waals surface area contributed by atoms with Gasteiger partial charge in [-0.05, 0) is 29.5 Å². The van der Waals surface area contributed by atoms with Crippen molar-refractivity contribution in [2.75, 3.05) is 31.5 Å². The first-order valence-corrected chi connectivity index (χ1v) is 14.5. The van der Waals surface area contributed by atoms with Crippen LogP contribution in [0.3, 0.4) is 0 Å². The Balaban J connectivity index is 1.06. The van der Waals surface area contributed by atoms with E-state index in [9.17, 15) is 32.3 Å². The van der Waals surface area contributed by atoms with Gasteiger partial charge in [-0.15, -0.1) is 10.2 Å². The highest BCUT2D eigenvalue weighted by Crippen LogP contribution is 2.49. The summed E-state index contributed by atoms with van der Waals surface area (Å²) in [6, 6.07) is 16.1. The van der Waals surface area contributed by atoms with Crippen molar-refractivity contribution < 1.29 is 36.7 Å². The predicted octanol–water partition coefficient (Wildman–Crippen LogP) is 3.52. The molecule has 5 aromatic rings. The van der Waals surface area contributed by atoms with Gasteiger partial charge in [-0.3, -0.25) is 19.5 Å². The van der Waals surface area contributed by atoms with Crippen molar-refractivity contribution in [1.29, 1.82) is 0 Å². The molecule has 1 saturated heterocycles. The van der Waals surface area contributed by atoms with Crippen LogP contribution in [0, 0.1) is 5.92 Å². The molecule has 2 N–H and O–H groups in total. The zero-order valence-corrected chi connectivity index (χ0v) is 24.3. The molecule has 0 radical (unpaired) electrons. The van der Waals surface area contributed by atoms with E-state index in [1.165, 1.54) is 24.4 Å². The van der Waals surface area contributed by atoms with E-state index in [4.69, 9.17) is 4.42 Å². The van der Waals surface area contributed by atoms with Crippen LogP contribution in [0.5, 0.6) is 0 Å². The molecule has 242 valence electrons. The monoisotopic (exact) mass is 651 g/mol. The van der Waals surface area contributed by atoms with Crippen LogP contribution in [0.15, 0.2) is 71.3 Å². The molecular weight excluding hydrogens is 626 g/mol. The number of alkyl halides is 4. The first-order valence-electron chi connectivity index (χ1n) is 14.5. The molecule has 1 aliphatic heterocycles. The number of hydrogen-bond acceptors (Lipinski definition) is 10. The number of nitrogens with zero attached hydrogens (tertiary/aromatic N) is 8. The van der Waals surface area contributed by atoms with Crippen molar-refractivity contribution in [2.45, 2.75) is 24.6 Å². The van der Waals surface area contributed by atoms with Crippen LogP contribution in [0.4, 0.5) is 23.2 Å². The summed E-state index contributed by atoms with van der Waals surface area (Å²) >= 11 is 0. The van der Waals surface area contributed by atoms with Crippen molar-refractivity contribution in [3.63, 3.8) is 0 Å². The number of rotatable bonds is 8. The Labute approximate surface area is 262 Å². The molecule has 2 aliphatic rings. The maximum absolute atomic E-state index is 13.5. The van der Waals surface area contributed by atoms with E-state index in [-0.39, 0.29) is 54.1 Å². The summed E-state index contributed by atoms with van der Waals surface area (Å²) in [4.78, 5) is 37.5. The molecule has 3 aromatic heterocycles. The van der Waals surface area contributed by atoms with Gasteiger partial charge in [0.1, 0.15) is 17.1 Å². The summed E-state index contributed by atoms with van der Waals surface area (Å²) in [5, 5.41) is 25.1. The number of pyridine rings is 1. The number of halogens is 4. The molecule has 1 unspecified atom stereocenters.